The molecule has 3 rings (SSSR count). The van der Waals surface area contributed by atoms with Gasteiger partial charge in [-0.3, -0.25) is 4.79 Å². The lowest BCUT2D eigenvalue weighted by Gasteiger charge is -2.36. The third kappa shape index (κ3) is 5.15. The maximum absolute atomic E-state index is 13.1. The van der Waals surface area contributed by atoms with E-state index in [0.717, 1.165) is 31.5 Å². The van der Waals surface area contributed by atoms with Gasteiger partial charge in [-0.25, -0.2) is 14.4 Å². The second kappa shape index (κ2) is 9.30. The number of nitrogens with zero attached hydrogens (tertiary/aromatic N) is 4. The highest BCUT2D eigenvalue weighted by Gasteiger charge is 2.23. The van der Waals surface area contributed by atoms with E-state index in [-0.39, 0.29) is 11.7 Å². The maximum Gasteiger partial charge on any atom is 0.272 e. The van der Waals surface area contributed by atoms with Crippen molar-refractivity contribution in [2.75, 3.05) is 42.9 Å². The van der Waals surface area contributed by atoms with E-state index in [4.69, 9.17) is 0 Å². The molecule has 1 saturated heterocycles. The van der Waals surface area contributed by atoms with Gasteiger partial charge in [0.1, 0.15) is 11.5 Å². The van der Waals surface area contributed by atoms with Gasteiger partial charge in [0.2, 0.25) is 5.95 Å². The van der Waals surface area contributed by atoms with Crippen LogP contribution in [0.2, 0.25) is 0 Å². The van der Waals surface area contributed by atoms with Gasteiger partial charge in [0.15, 0.2) is 0 Å². The molecule has 2 aromatic rings. The average Bonchev–Trinajstić information content (AvgIpc) is 2.72. The van der Waals surface area contributed by atoms with E-state index in [1.54, 1.807) is 24.4 Å². The Bertz CT molecular complexity index is 744. The molecule has 1 amide bonds. The summed E-state index contributed by atoms with van der Waals surface area (Å²) in [4.78, 5) is 25.3. The van der Waals surface area contributed by atoms with Crippen LogP contribution in [0, 0.1) is 5.82 Å². The van der Waals surface area contributed by atoms with Crippen molar-refractivity contribution in [3.63, 3.8) is 0 Å². The largest absolute Gasteiger partial charge is 0.368 e. The Labute approximate surface area is 159 Å². The Morgan fingerprint density at radius 1 is 1.11 bits per heavy atom. The number of carbonyl (C=O) groups is 1. The highest BCUT2D eigenvalue weighted by Crippen LogP contribution is 2.17. The van der Waals surface area contributed by atoms with Crippen LogP contribution in [-0.4, -0.2) is 53.5 Å². The molecule has 144 valence electrons. The third-order valence-electron chi connectivity index (χ3n) is 4.70. The molecule has 0 unspecified atom stereocenters. The number of anilines is 2. The molecule has 7 heteroatoms. The quantitative estimate of drug-likeness (QED) is 0.758. The minimum absolute atomic E-state index is 0.0761. The number of carbonyl (C=O) groups excluding carboxylic acids is 1. The summed E-state index contributed by atoms with van der Waals surface area (Å²) in [5.74, 6) is 0.185. The molecule has 0 spiro atoms. The second-order valence-electron chi connectivity index (χ2n) is 6.66. The fraction of sp³-hybridized carbons (Fsp3) is 0.450. The summed E-state index contributed by atoms with van der Waals surface area (Å²) >= 11 is 0. The zero-order valence-electron chi connectivity index (χ0n) is 15.7. The highest BCUT2D eigenvalue weighted by molar-refractivity contribution is 5.92. The van der Waals surface area contributed by atoms with Gasteiger partial charge < -0.3 is 15.1 Å². The van der Waals surface area contributed by atoms with Gasteiger partial charge in [-0.1, -0.05) is 19.8 Å². The van der Waals surface area contributed by atoms with Gasteiger partial charge >= 0.3 is 0 Å². The third-order valence-corrected chi connectivity index (χ3v) is 4.70. The number of hydrogen-bond donors (Lipinski definition) is 1. The molecule has 0 aliphatic carbocycles. The van der Waals surface area contributed by atoms with Gasteiger partial charge in [0, 0.05) is 44.6 Å². The summed E-state index contributed by atoms with van der Waals surface area (Å²) in [6.07, 6.45) is 5.00. The normalized spacial score (nSPS) is 14.3. The summed E-state index contributed by atoms with van der Waals surface area (Å²) in [7, 11) is 0. The zero-order chi connectivity index (χ0) is 19.1. The molecule has 0 radical (unpaired) electrons. The van der Waals surface area contributed by atoms with Gasteiger partial charge in [-0.05, 0) is 36.8 Å². The summed E-state index contributed by atoms with van der Waals surface area (Å²) in [6.45, 7) is 5.61. The van der Waals surface area contributed by atoms with Crippen molar-refractivity contribution in [1.29, 1.82) is 0 Å². The van der Waals surface area contributed by atoms with Crippen molar-refractivity contribution < 1.29 is 9.18 Å². The number of hydrogen-bond acceptors (Lipinski definition) is 5. The van der Waals surface area contributed by atoms with Gasteiger partial charge in [0.05, 0.1) is 0 Å². The van der Waals surface area contributed by atoms with Crippen molar-refractivity contribution in [2.24, 2.45) is 0 Å². The van der Waals surface area contributed by atoms with Crippen LogP contribution in [0.3, 0.4) is 0 Å². The molecule has 1 aromatic carbocycles. The van der Waals surface area contributed by atoms with E-state index >= 15 is 0 Å². The molecule has 27 heavy (non-hydrogen) atoms. The lowest BCUT2D eigenvalue weighted by Crippen LogP contribution is -2.49. The highest BCUT2D eigenvalue weighted by atomic mass is 19.1. The Hall–Kier alpha value is -2.70. The zero-order valence-corrected chi connectivity index (χ0v) is 15.7. The average molecular weight is 371 g/mol. The molecule has 2 heterocycles. The summed E-state index contributed by atoms with van der Waals surface area (Å²) in [5, 5.41) is 3.18. The molecule has 6 nitrogen and oxygen atoms in total. The lowest BCUT2D eigenvalue weighted by atomic mass is 10.2. The van der Waals surface area contributed by atoms with Crippen molar-refractivity contribution in [1.82, 2.24) is 14.9 Å². The Kier molecular flexibility index (Phi) is 6.57. The molecule has 1 N–H and O–H groups in total. The van der Waals surface area contributed by atoms with Gasteiger partial charge in [-0.15, -0.1) is 0 Å². The minimum atomic E-state index is -0.240. The van der Waals surface area contributed by atoms with Crippen LogP contribution in [-0.2, 0) is 0 Å². The minimum Gasteiger partial charge on any atom is -0.368 e. The van der Waals surface area contributed by atoms with E-state index in [1.807, 2.05) is 4.90 Å². The summed E-state index contributed by atoms with van der Waals surface area (Å²) in [5.41, 5.74) is 1.39. The monoisotopic (exact) mass is 371 g/mol. The molecule has 0 bridgehead atoms. The van der Waals surface area contributed by atoms with Crippen LogP contribution in [0.5, 0.6) is 0 Å². The molecular weight excluding hydrogens is 345 g/mol. The van der Waals surface area contributed by atoms with E-state index in [0.29, 0.717) is 37.8 Å². The first kappa shape index (κ1) is 19.1. The van der Waals surface area contributed by atoms with Gasteiger partial charge in [0.25, 0.3) is 5.91 Å². The standard InChI is InChI=1S/C20H26FN5O/c1-2-3-4-10-22-20-23-11-9-18(24-20)19(27)26-14-12-25(13-15-26)17-7-5-16(21)6-8-17/h5-9,11H,2-4,10,12-15H2,1H3,(H,22,23,24). The van der Waals surface area contributed by atoms with Crippen LogP contribution in [0.1, 0.15) is 36.7 Å². The van der Waals surface area contributed by atoms with Crippen LogP contribution < -0.4 is 10.2 Å². The second-order valence-corrected chi connectivity index (χ2v) is 6.66. The fourth-order valence-electron chi connectivity index (χ4n) is 3.12. The molecular formula is C20H26FN5O. The number of unbranched alkanes of at least 4 members (excludes halogenated alkanes) is 2. The van der Waals surface area contributed by atoms with Crippen molar-refractivity contribution in [2.45, 2.75) is 26.2 Å². The molecule has 1 aromatic heterocycles. The fourth-order valence-corrected chi connectivity index (χ4v) is 3.12. The predicted molar refractivity (Wildman–Crippen MR) is 105 cm³/mol. The molecule has 1 aliphatic heterocycles. The molecule has 1 aliphatic rings. The van der Waals surface area contributed by atoms with Crippen LogP contribution >= 0.6 is 0 Å². The van der Waals surface area contributed by atoms with E-state index in [1.165, 1.54) is 12.1 Å². The summed E-state index contributed by atoms with van der Waals surface area (Å²) < 4.78 is 13.1. The number of nitrogens with one attached hydrogen (secondary N) is 1. The molecule has 0 saturated carbocycles. The van der Waals surface area contributed by atoms with E-state index < -0.39 is 0 Å². The first-order valence-corrected chi connectivity index (χ1v) is 9.54. The van der Waals surface area contributed by atoms with E-state index in [9.17, 15) is 9.18 Å². The Morgan fingerprint density at radius 3 is 2.56 bits per heavy atom. The number of benzene rings is 1. The number of aromatic nitrogens is 2. The SMILES string of the molecule is CCCCCNc1nccc(C(=O)N2CCN(c3ccc(F)cc3)CC2)n1. The van der Waals surface area contributed by atoms with Crippen molar-refractivity contribution >= 4 is 17.5 Å². The van der Waals surface area contributed by atoms with Crippen molar-refractivity contribution in [3.8, 4) is 0 Å². The Morgan fingerprint density at radius 2 is 1.85 bits per heavy atom. The maximum atomic E-state index is 13.1. The molecule has 0 atom stereocenters. The topological polar surface area (TPSA) is 61.4 Å². The first-order valence-electron chi connectivity index (χ1n) is 9.54. The van der Waals surface area contributed by atoms with Crippen LogP contribution in [0.15, 0.2) is 36.5 Å². The predicted octanol–water partition coefficient (Wildman–Crippen LogP) is 3.18. The van der Waals surface area contributed by atoms with Crippen LogP contribution in [0.4, 0.5) is 16.0 Å². The number of halogens is 1. The molecule has 1 fully saturated rings. The summed E-state index contributed by atoms with van der Waals surface area (Å²) in [6, 6.07) is 8.12. The van der Waals surface area contributed by atoms with Gasteiger partial charge in [-0.2, -0.15) is 0 Å². The number of piperazine rings is 1. The number of rotatable bonds is 7. The van der Waals surface area contributed by atoms with E-state index in [2.05, 4.69) is 27.1 Å². The van der Waals surface area contributed by atoms with Crippen LogP contribution in [0.25, 0.3) is 0 Å². The lowest BCUT2D eigenvalue weighted by molar-refractivity contribution is 0.0741. The first-order chi connectivity index (χ1) is 13.2. The number of amides is 1. The smallest absolute Gasteiger partial charge is 0.272 e. The van der Waals surface area contributed by atoms with Crippen molar-refractivity contribution in [3.05, 3.63) is 48.0 Å². The Balaban J connectivity index is 1.55.